The molecule has 8 nitrogen and oxygen atoms in total. The molecule has 0 saturated heterocycles. The molecule has 186 valence electrons. The minimum absolute atomic E-state index is 0.0792. The molecule has 35 heavy (non-hydrogen) atoms. The molecule has 0 spiro atoms. The highest BCUT2D eigenvalue weighted by Crippen LogP contribution is 2.25. The second kappa shape index (κ2) is 10.5. The number of aryl methyl sites for hydroxylation is 2. The second-order valence-electron chi connectivity index (χ2n) is 7.94. The summed E-state index contributed by atoms with van der Waals surface area (Å²) in [5.74, 6) is 0. The number of halogens is 1. The molecule has 0 aliphatic carbocycles. The number of hydrogen-bond acceptors (Lipinski definition) is 5. The number of nitrogens with one attached hydrogen (secondary N) is 3. The predicted molar refractivity (Wildman–Crippen MR) is 145 cm³/mol. The van der Waals surface area contributed by atoms with Gasteiger partial charge in [-0.3, -0.25) is 4.72 Å². The van der Waals surface area contributed by atoms with Crippen molar-refractivity contribution in [1.29, 1.82) is 0 Å². The highest BCUT2D eigenvalue weighted by molar-refractivity contribution is 7.92. The SMILES string of the molecule is Cc1ccc(S(=O)(=O)N(C)C)cc1NC(=S)Nc1ccc(C)c(S(=O)(=O)Nc2ccc(Cl)cc2)c1. The van der Waals surface area contributed by atoms with Gasteiger partial charge in [0.2, 0.25) is 10.0 Å². The largest absolute Gasteiger partial charge is 0.332 e. The summed E-state index contributed by atoms with van der Waals surface area (Å²) in [6.45, 7) is 3.51. The lowest BCUT2D eigenvalue weighted by atomic mass is 10.2. The Kier molecular flexibility index (Phi) is 8.07. The van der Waals surface area contributed by atoms with Crippen molar-refractivity contribution in [2.45, 2.75) is 23.6 Å². The lowest BCUT2D eigenvalue weighted by Gasteiger charge is -2.17. The van der Waals surface area contributed by atoms with Crippen molar-refractivity contribution in [2.24, 2.45) is 0 Å². The summed E-state index contributed by atoms with van der Waals surface area (Å²) in [6, 6.07) is 15.9. The van der Waals surface area contributed by atoms with Gasteiger partial charge in [0.15, 0.2) is 5.11 Å². The van der Waals surface area contributed by atoms with Gasteiger partial charge in [-0.15, -0.1) is 0 Å². The van der Waals surface area contributed by atoms with Gasteiger partial charge in [0.1, 0.15) is 0 Å². The summed E-state index contributed by atoms with van der Waals surface area (Å²) in [7, 11) is -4.58. The van der Waals surface area contributed by atoms with E-state index in [9.17, 15) is 16.8 Å². The molecule has 3 rings (SSSR count). The summed E-state index contributed by atoms with van der Waals surface area (Å²) in [6.07, 6.45) is 0. The molecule has 0 heterocycles. The third-order valence-electron chi connectivity index (χ3n) is 5.07. The van der Waals surface area contributed by atoms with Crippen LogP contribution in [0.5, 0.6) is 0 Å². The first-order valence-corrected chi connectivity index (χ1v) is 14.0. The van der Waals surface area contributed by atoms with Gasteiger partial charge >= 0.3 is 0 Å². The lowest BCUT2D eigenvalue weighted by Crippen LogP contribution is -2.23. The van der Waals surface area contributed by atoms with E-state index in [1.807, 2.05) is 6.92 Å². The van der Waals surface area contributed by atoms with Crippen molar-refractivity contribution in [3.05, 3.63) is 76.8 Å². The zero-order valence-corrected chi connectivity index (χ0v) is 22.7. The van der Waals surface area contributed by atoms with E-state index >= 15 is 0 Å². The molecule has 0 fully saturated rings. The Balaban J connectivity index is 1.81. The minimum atomic E-state index is -3.88. The number of rotatable bonds is 7. The monoisotopic (exact) mass is 552 g/mol. The molecule has 0 atom stereocenters. The van der Waals surface area contributed by atoms with Crippen LogP contribution in [0, 0.1) is 13.8 Å². The average molecular weight is 553 g/mol. The Morgan fingerprint density at radius 2 is 1.43 bits per heavy atom. The van der Waals surface area contributed by atoms with Gasteiger partial charge in [-0.25, -0.2) is 21.1 Å². The number of anilines is 3. The first-order valence-electron chi connectivity index (χ1n) is 10.3. The fourth-order valence-electron chi connectivity index (χ4n) is 3.09. The van der Waals surface area contributed by atoms with E-state index in [1.165, 1.54) is 32.3 Å². The Morgan fingerprint density at radius 3 is 2.06 bits per heavy atom. The van der Waals surface area contributed by atoms with Crippen molar-refractivity contribution in [2.75, 3.05) is 29.5 Å². The standard InChI is InChI=1S/C23H25ClN4O4S3/c1-15-6-12-20(35(31,32)28(3)4)14-21(15)26-23(33)25-19-9-5-16(2)22(13-19)34(29,30)27-18-10-7-17(24)8-11-18/h5-14,27H,1-4H3,(H2,25,26,33). The summed E-state index contributed by atoms with van der Waals surface area (Å²) in [4.78, 5) is 0.200. The van der Waals surface area contributed by atoms with Crippen LogP contribution in [0.15, 0.2) is 70.5 Å². The van der Waals surface area contributed by atoms with Crippen molar-refractivity contribution < 1.29 is 16.8 Å². The maximum Gasteiger partial charge on any atom is 0.262 e. The highest BCUT2D eigenvalue weighted by Gasteiger charge is 2.20. The number of benzene rings is 3. The van der Waals surface area contributed by atoms with E-state index in [0.717, 1.165) is 9.87 Å². The first-order chi connectivity index (χ1) is 16.3. The molecule has 3 aromatic carbocycles. The fraction of sp³-hybridized carbons (Fsp3) is 0.174. The third kappa shape index (κ3) is 6.50. The molecule has 0 aromatic heterocycles. The van der Waals surface area contributed by atoms with E-state index in [0.29, 0.717) is 27.6 Å². The summed E-state index contributed by atoms with van der Waals surface area (Å²) < 4.78 is 54.6. The van der Waals surface area contributed by atoms with Gasteiger partial charge in [0, 0.05) is 36.2 Å². The Bertz CT molecular complexity index is 1470. The number of hydrogen-bond donors (Lipinski definition) is 3. The highest BCUT2D eigenvalue weighted by atomic mass is 35.5. The Labute approximate surface area is 216 Å². The van der Waals surface area contributed by atoms with Crippen LogP contribution in [0.3, 0.4) is 0 Å². The smallest absolute Gasteiger partial charge is 0.262 e. The quantitative estimate of drug-likeness (QED) is 0.361. The lowest BCUT2D eigenvalue weighted by molar-refractivity contribution is 0.521. The van der Waals surface area contributed by atoms with Gasteiger partial charge in [-0.2, -0.15) is 0 Å². The molecule has 0 amide bonds. The zero-order chi connectivity index (χ0) is 26.0. The molecule has 0 radical (unpaired) electrons. The first kappa shape index (κ1) is 26.9. The third-order valence-corrected chi connectivity index (χ3v) is 8.86. The van der Waals surface area contributed by atoms with Crippen LogP contribution in [0.4, 0.5) is 17.1 Å². The van der Waals surface area contributed by atoms with Crippen LogP contribution in [0.1, 0.15) is 11.1 Å². The van der Waals surface area contributed by atoms with E-state index in [2.05, 4.69) is 15.4 Å². The molecular formula is C23H25ClN4O4S3. The summed E-state index contributed by atoms with van der Waals surface area (Å²) in [5, 5.41) is 6.62. The van der Waals surface area contributed by atoms with Gasteiger partial charge < -0.3 is 10.6 Å². The normalized spacial score (nSPS) is 11.8. The summed E-state index contributed by atoms with van der Waals surface area (Å²) >= 11 is 11.3. The second-order valence-corrected chi connectivity index (χ2v) is 12.6. The molecule has 0 saturated carbocycles. The minimum Gasteiger partial charge on any atom is -0.332 e. The number of nitrogens with zero attached hydrogens (tertiary/aromatic N) is 1. The van der Waals surface area contributed by atoms with Crippen molar-refractivity contribution in [1.82, 2.24) is 4.31 Å². The van der Waals surface area contributed by atoms with Crippen LogP contribution in [-0.4, -0.2) is 40.3 Å². The van der Waals surface area contributed by atoms with E-state index < -0.39 is 20.0 Å². The van der Waals surface area contributed by atoms with Crippen molar-refractivity contribution >= 4 is 66.0 Å². The van der Waals surface area contributed by atoms with Crippen LogP contribution in [-0.2, 0) is 20.0 Å². The molecule has 0 aliphatic heterocycles. The molecule has 0 bridgehead atoms. The van der Waals surface area contributed by atoms with E-state index in [1.54, 1.807) is 49.4 Å². The van der Waals surface area contributed by atoms with Gasteiger partial charge in [0.05, 0.1) is 9.79 Å². The molecule has 12 heteroatoms. The zero-order valence-electron chi connectivity index (χ0n) is 19.5. The maximum absolute atomic E-state index is 13.0. The topological polar surface area (TPSA) is 108 Å². The van der Waals surface area contributed by atoms with Crippen molar-refractivity contribution in [3.63, 3.8) is 0 Å². The fourth-order valence-corrected chi connectivity index (χ4v) is 5.70. The maximum atomic E-state index is 13.0. The number of thiocarbonyl (C=S) groups is 1. The number of sulfonamides is 2. The Hall–Kier alpha value is -2.70. The molecular weight excluding hydrogens is 528 g/mol. The van der Waals surface area contributed by atoms with E-state index in [4.69, 9.17) is 23.8 Å². The predicted octanol–water partition coefficient (Wildman–Crippen LogP) is 4.82. The van der Waals surface area contributed by atoms with Gasteiger partial charge in [-0.05, 0) is 85.7 Å². The van der Waals surface area contributed by atoms with Gasteiger partial charge in [-0.1, -0.05) is 23.7 Å². The van der Waals surface area contributed by atoms with Gasteiger partial charge in [0.25, 0.3) is 10.0 Å². The summed E-state index contributed by atoms with van der Waals surface area (Å²) in [5.41, 5.74) is 2.67. The molecule has 0 aliphatic rings. The average Bonchev–Trinajstić information content (AvgIpc) is 2.77. The molecule has 3 N–H and O–H groups in total. The van der Waals surface area contributed by atoms with E-state index in [-0.39, 0.29) is 14.9 Å². The molecule has 0 unspecified atom stereocenters. The van der Waals surface area contributed by atoms with Crippen LogP contribution < -0.4 is 15.4 Å². The molecule has 3 aromatic rings. The Morgan fingerprint density at radius 1 is 0.829 bits per heavy atom. The van der Waals surface area contributed by atoms with Crippen LogP contribution in [0.2, 0.25) is 5.02 Å². The van der Waals surface area contributed by atoms with Crippen LogP contribution >= 0.6 is 23.8 Å². The van der Waals surface area contributed by atoms with Crippen molar-refractivity contribution in [3.8, 4) is 0 Å². The van der Waals surface area contributed by atoms with Crippen LogP contribution in [0.25, 0.3) is 0 Å².